The van der Waals surface area contributed by atoms with Crippen molar-refractivity contribution < 1.29 is 4.79 Å². The van der Waals surface area contributed by atoms with Crippen LogP contribution < -0.4 is 21.7 Å². The molecule has 0 saturated heterocycles. The van der Waals surface area contributed by atoms with Crippen LogP contribution in [0.3, 0.4) is 0 Å². The molecule has 2 aromatic heterocycles. The van der Waals surface area contributed by atoms with Crippen LogP contribution in [0.5, 0.6) is 0 Å². The fourth-order valence-electron chi connectivity index (χ4n) is 4.00. The first-order chi connectivity index (χ1) is 16.1. The Morgan fingerprint density at radius 1 is 0.939 bits per heavy atom. The summed E-state index contributed by atoms with van der Waals surface area (Å²) in [5.41, 5.74) is 9.44. The minimum Gasteiger partial charge on any atom is -0.351 e. The number of fused-ring (bicyclic) bond motifs is 1. The zero-order valence-electron chi connectivity index (χ0n) is 18.1. The van der Waals surface area contributed by atoms with E-state index in [0.29, 0.717) is 34.5 Å². The molecule has 0 unspecified atom stereocenters. The van der Waals surface area contributed by atoms with E-state index in [-0.39, 0.29) is 11.9 Å². The van der Waals surface area contributed by atoms with E-state index in [2.05, 4.69) is 35.9 Å². The number of benzene rings is 2. The number of aromatic amines is 1. The lowest BCUT2D eigenvalue weighted by Crippen LogP contribution is -2.33. The lowest BCUT2D eigenvalue weighted by Gasteiger charge is -2.26. The van der Waals surface area contributed by atoms with Gasteiger partial charge >= 0.3 is 0 Å². The third-order valence-electron chi connectivity index (χ3n) is 5.83. The molecule has 0 aliphatic heterocycles. The number of rotatable bonds is 6. The Kier molecular flexibility index (Phi) is 5.86. The first-order valence-corrected chi connectivity index (χ1v) is 11.1. The highest BCUT2D eigenvalue weighted by Crippen LogP contribution is 2.25. The van der Waals surface area contributed by atoms with E-state index < -0.39 is 0 Å². The second-order valence-electron chi connectivity index (χ2n) is 8.27. The minimum atomic E-state index is -0.164. The highest BCUT2D eigenvalue weighted by molar-refractivity contribution is 6.04. The predicted molar refractivity (Wildman–Crippen MR) is 130 cm³/mol. The van der Waals surface area contributed by atoms with Gasteiger partial charge in [0, 0.05) is 29.0 Å². The number of hydrogen-bond donors (Lipinski definition) is 5. The van der Waals surface area contributed by atoms with E-state index in [0.717, 1.165) is 37.1 Å². The summed E-state index contributed by atoms with van der Waals surface area (Å²) in [7, 11) is 0. The molecule has 1 amide bonds. The molecule has 0 radical (unpaired) electrons. The second kappa shape index (κ2) is 9.25. The summed E-state index contributed by atoms with van der Waals surface area (Å²) in [6, 6.07) is 17.2. The average Bonchev–Trinajstić information content (AvgIpc) is 3.31. The maximum atomic E-state index is 12.5. The van der Waals surface area contributed by atoms with Gasteiger partial charge in [-0.3, -0.25) is 4.79 Å². The van der Waals surface area contributed by atoms with Crippen LogP contribution in [0, 0.1) is 0 Å². The first kappa shape index (κ1) is 20.9. The monoisotopic (exact) mass is 442 g/mol. The molecular formula is C24H26N8O. The third-order valence-corrected chi connectivity index (χ3v) is 5.83. The van der Waals surface area contributed by atoms with E-state index in [1.807, 2.05) is 42.5 Å². The molecule has 9 nitrogen and oxygen atoms in total. The van der Waals surface area contributed by atoms with E-state index in [9.17, 15) is 4.79 Å². The summed E-state index contributed by atoms with van der Waals surface area (Å²) in [4.78, 5) is 29.1. The van der Waals surface area contributed by atoms with E-state index in [4.69, 9.17) is 5.73 Å². The number of H-pyrrole nitrogens is 1. The van der Waals surface area contributed by atoms with Crippen molar-refractivity contribution in [3.8, 4) is 0 Å². The van der Waals surface area contributed by atoms with Gasteiger partial charge in [0.05, 0.1) is 6.33 Å². The Morgan fingerprint density at radius 2 is 1.70 bits per heavy atom. The van der Waals surface area contributed by atoms with Gasteiger partial charge in [-0.1, -0.05) is 18.2 Å². The number of carbonyl (C=O) groups excluding carboxylic acids is 1. The number of amides is 1. The molecule has 5 rings (SSSR count). The summed E-state index contributed by atoms with van der Waals surface area (Å²) in [5, 5.41) is 9.63. The van der Waals surface area contributed by atoms with Crippen LogP contribution in [0.15, 0.2) is 60.9 Å². The zero-order valence-corrected chi connectivity index (χ0v) is 18.1. The van der Waals surface area contributed by atoms with Crippen LogP contribution in [-0.2, 0) is 0 Å². The topological polar surface area (TPSA) is 134 Å². The standard InChI is InChI=1S/C24H26N8O/c25-16-8-12-19(13-9-16)30-24-31-21-20(26-14-27-21)22(32-24)28-18-10-6-15(7-11-18)23(33)29-17-4-2-1-3-5-17/h1-7,10-11,14,16,19H,8-9,12-13,25H2,(H,29,33)(H3,26,27,28,30,31,32). The molecule has 1 saturated carbocycles. The van der Waals surface area contributed by atoms with Crippen LogP contribution in [-0.4, -0.2) is 37.9 Å². The summed E-state index contributed by atoms with van der Waals surface area (Å²) in [6.45, 7) is 0. The summed E-state index contributed by atoms with van der Waals surface area (Å²) >= 11 is 0. The molecule has 2 aromatic carbocycles. The number of carbonyl (C=O) groups is 1. The zero-order chi connectivity index (χ0) is 22.6. The molecule has 1 aliphatic carbocycles. The number of nitrogens with zero attached hydrogens (tertiary/aromatic N) is 3. The molecule has 4 aromatic rings. The van der Waals surface area contributed by atoms with Gasteiger partial charge in [-0.15, -0.1) is 0 Å². The quantitative estimate of drug-likeness (QED) is 0.304. The number of hydrogen-bond acceptors (Lipinski definition) is 7. The maximum absolute atomic E-state index is 12.5. The SMILES string of the molecule is NC1CCC(Nc2nc(Nc3ccc(C(=O)Nc4ccccc4)cc3)c3nc[nH]c3n2)CC1. The molecule has 9 heteroatoms. The van der Waals surface area contributed by atoms with Crippen LogP contribution in [0.1, 0.15) is 36.0 Å². The number of para-hydroxylation sites is 1. The smallest absolute Gasteiger partial charge is 0.255 e. The van der Waals surface area contributed by atoms with Gasteiger partial charge < -0.3 is 26.7 Å². The number of nitrogens with two attached hydrogens (primary N) is 1. The largest absolute Gasteiger partial charge is 0.351 e. The van der Waals surface area contributed by atoms with Gasteiger partial charge in [0.25, 0.3) is 5.91 Å². The fourth-order valence-corrected chi connectivity index (χ4v) is 4.00. The molecular weight excluding hydrogens is 416 g/mol. The van der Waals surface area contributed by atoms with Crippen molar-refractivity contribution in [2.75, 3.05) is 16.0 Å². The van der Waals surface area contributed by atoms with Crippen molar-refractivity contribution in [2.24, 2.45) is 5.73 Å². The van der Waals surface area contributed by atoms with Crippen LogP contribution in [0.2, 0.25) is 0 Å². The molecule has 1 fully saturated rings. The molecule has 0 spiro atoms. The lowest BCUT2D eigenvalue weighted by molar-refractivity contribution is 0.102. The normalized spacial score (nSPS) is 18.1. The number of nitrogens with one attached hydrogen (secondary N) is 4. The predicted octanol–water partition coefficient (Wildman–Crippen LogP) is 4.03. The van der Waals surface area contributed by atoms with Crippen molar-refractivity contribution in [1.82, 2.24) is 19.9 Å². The van der Waals surface area contributed by atoms with Gasteiger partial charge in [0.2, 0.25) is 5.95 Å². The maximum Gasteiger partial charge on any atom is 0.255 e. The first-order valence-electron chi connectivity index (χ1n) is 11.1. The third kappa shape index (κ3) is 4.93. The van der Waals surface area contributed by atoms with Gasteiger partial charge in [0.1, 0.15) is 0 Å². The summed E-state index contributed by atoms with van der Waals surface area (Å²) < 4.78 is 0. The molecule has 0 atom stereocenters. The molecule has 0 bridgehead atoms. The number of imidazole rings is 1. The van der Waals surface area contributed by atoms with Gasteiger partial charge in [-0.05, 0) is 62.1 Å². The van der Waals surface area contributed by atoms with E-state index >= 15 is 0 Å². The Bertz CT molecular complexity index is 1230. The molecule has 2 heterocycles. The van der Waals surface area contributed by atoms with E-state index in [1.54, 1.807) is 18.5 Å². The van der Waals surface area contributed by atoms with Crippen molar-refractivity contribution in [1.29, 1.82) is 0 Å². The van der Waals surface area contributed by atoms with E-state index in [1.165, 1.54) is 0 Å². The van der Waals surface area contributed by atoms with Gasteiger partial charge in [-0.25, -0.2) is 4.98 Å². The van der Waals surface area contributed by atoms with Crippen LogP contribution in [0.25, 0.3) is 11.2 Å². The molecule has 1 aliphatic rings. The molecule has 6 N–H and O–H groups in total. The van der Waals surface area contributed by atoms with Gasteiger partial charge in [-0.2, -0.15) is 9.97 Å². The van der Waals surface area contributed by atoms with Crippen molar-refractivity contribution in [3.63, 3.8) is 0 Å². The Morgan fingerprint density at radius 3 is 2.45 bits per heavy atom. The summed E-state index contributed by atoms with van der Waals surface area (Å²) in [5.74, 6) is 0.981. The van der Waals surface area contributed by atoms with Crippen LogP contribution >= 0.6 is 0 Å². The van der Waals surface area contributed by atoms with Crippen molar-refractivity contribution in [2.45, 2.75) is 37.8 Å². The average molecular weight is 443 g/mol. The van der Waals surface area contributed by atoms with Crippen molar-refractivity contribution >= 4 is 40.2 Å². The Balaban J connectivity index is 1.31. The second-order valence-corrected chi connectivity index (χ2v) is 8.27. The van der Waals surface area contributed by atoms with Crippen molar-refractivity contribution in [3.05, 3.63) is 66.5 Å². The Hall–Kier alpha value is -3.98. The molecule has 168 valence electrons. The number of aromatic nitrogens is 4. The highest BCUT2D eigenvalue weighted by Gasteiger charge is 2.20. The number of anilines is 4. The fraction of sp³-hybridized carbons (Fsp3) is 0.250. The highest BCUT2D eigenvalue weighted by atomic mass is 16.1. The van der Waals surface area contributed by atoms with Crippen LogP contribution in [0.4, 0.5) is 23.1 Å². The molecule has 33 heavy (non-hydrogen) atoms. The van der Waals surface area contributed by atoms with Gasteiger partial charge in [0.15, 0.2) is 17.0 Å². The lowest BCUT2D eigenvalue weighted by atomic mass is 9.92. The Labute approximate surface area is 191 Å². The minimum absolute atomic E-state index is 0.164. The summed E-state index contributed by atoms with van der Waals surface area (Å²) in [6.07, 6.45) is 5.60.